The third-order valence-corrected chi connectivity index (χ3v) is 2.49. The first kappa shape index (κ1) is 14.9. The highest BCUT2D eigenvalue weighted by molar-refractivity contribution is 5.82. The Morgan fingerprint density at radius 3 is 2.50 bits per heavy atom. The molecule has 4 nitrogen and oxygen atoms in total. The van der Waals surface area contributed by atoms with Crippen molar-refractivity contribution >= 4 is 5.91 Å². The Morgan fingerprint density at radius 1 is 1.50 bits per heavy atom. The van der Waals surface area contributed by atoms with Gasteiger partial charge < -0.3 is 16.0 Å². The van der Waals surface area contributed by atoms with Crippen molar-refractivity contribution in [3.8, 4) is 12.3 Å². The molecule has 2 atom stereocenters. The Hall–Kier alpha value is -1.05. The molecule has 0 aliphatic rings. The molecule has 0 bridgehead atoms. The van der Waals surface area contributed by atoms with Crippen molar-refractivity contribution in [1.29, 1.82) is 0 Å². The van der Waals surface area contributed by atoms with E-state index >= 15 is 0 Å². The normalized spacial score (nSPS) is 14.2. The van der Waals surface area contributed by atoms with E-state index in [0.29, 0.717) is 0 Å². The minimum Gasteiger partial charge on any atom is -0.351 e. The van der Waals surface area contributed by atoms with E-state index in [1.54, 1.807) is 0 Å². The van der Waals surface area contributed by atoms with Gasteiger partial charge in [-0.1, -0.05) is 13.8 Å². The van der Waals surface area contributed by atoms with Gasteiger partial charge >= 0.3 is 0 Å². The molecular weight excluding hydrogens is 202 g/mol. The van der Waals surface area contributed by atoms with Crippen LogP contribution in [0.1, 0.15) is 27.2 Å². The largest absolute Gasteiger partial charge is 0.351 e. The smallest absolute Gasteiger partial charge is 0.238 e. The zero-order chi connectivity index (χ0) is 12.6. The lowest BCUT2D eigenvalue weighted by atomic mass is 10.2. The summed E-state index contributed by atoms with van der Waals surface area (Å²) in [6, 6.07) is -0.500. The summed E-state index contributed by atoms with van der Waals surface area (Å²) < 4.78 is 0. The van der Waals surface area contributed by atoms with Crippen LogP contribution in [0.2, 0.25) is 0 Å². The Labute approximate surface area is 98.6 Å². The molecule has 0 aromatic carbocycles. The number of rotatable bonds is 7. The second-order valence-corrected chi connectivity index (χ2v) is 3.91. The van der Waals surface area contributed by atoms with Gasteiger partial charge in [0.25, 0.3) is 0 Å². The molecule has 16 heavy (non-hydrogen) atoms. The number of likely N-dealkylation sites (N-methyl/N-ethyl adjacent to an activating group) is 1. The molecule has 0 aliphatic heterocycles. The van der Waals surface area contributed by atoms with E-state index in [2.05, 4.69) is 30.0 Å². The first-order valence-electron chi connectivity index (χ1n) is 5.76. The lowest BCUT2D eigenvalue weighted by Crippen LogP contribution is -2.48. The molecule has 2 unspecified atom stereocenters. The van der Waals surface area contributed by atoms with Crippen LogP contribution in [0.3, 0.4) is 0 Å². The highest BCUT2D eigenvalue weighted by Crippen LogP contribution is 1.93. The summed E-state index contributed by atoms with van der Waals surface area (Å²) in [5, 5.41) is 2.86. The Bertz CT molecular complexity index is 243. The third kappa shape index (κ3) is 5.74. The quantitative estimate of drug-likeness (QED) is 0.608. The molecule has 3 N–H and O–H groups in total. The highest BCUT2D eigenvalue weighted by atomic mass is 16.2. The maximum atomic E-state index is 11.6. The predicted molar refractivity (Wildman–Crippen MR) is 66.8 cm³/mol. The molecule has 0 radical (unpaired) electrons. The molecule has 0 aromatic rings. The van der Waals surface area contributed by atoms with Crippen LogP contribution in [0.15, 0.2) is 0 Å². The molecule has 0 fully saturated rings. The van der Waals surface area contributed by atoms with E-state index in [-0.39, 0.29) is 18.4 Å². The molecular formula is C12H23N3O. The minimum absolute atomic E-state index is 0.0937. The van der Waals surface area contributed by atoms with Gasteiger partial charge in [-0.05, 0) is 20.0 Å². The van der Waals surface area contributed by atoms with Crippen LogP contribution in [-0.4, -0.2) is 42.5 Å². The fraction of sp³-hybridized carbons (Fsp3) is 0.750. The van der Waals surface area contributed by atoms with Crippen LogP contribution >= 0.6 is 0 Å². The summed E-state index contributed by atoms with van der Waals surface area (Å²) in [6.07, 6.45) is 5.39. The topological polar surface area (TPSA) is 58.4 Å². The average molecular weight is 225 g/mol. The highest BCUT2D eigenvalue weighted by Gasteiger charge is 2.15. The first-order valence-corrected chi connectivity index (χ1v) is 5.76. The second kappa shape index (κ2) is 8.14. The predicted octanol–water partition coefficient (Wildman–Crippen LogP) is 0.184. The van der Waals surface area contributed by atoms with Crippen LogP contribution in [0.4, 0.5) is 0 Å². The number of nitrogens with one attached hydrogen (secondary N) is 1. The van der Waals surface area contributed by atoms with Crippen LogP contribution in [0, 0.1) is 12.3 Å². The van der Waals surface area contributed by atoms with Gasteiger partial charge in [-0.3, -0.25) is 4.79 Å². The Morgan fingerprint density at radius 2 is 2.06 bits per heavy atom. The van der Waals surface area contributed by atoms with Gasteiger partial charge in [-0.15, -0.1) is 12.3 Å². The SMILES string of the molecule is C#CCC(N)C(=O)NC(C)CN(CC)CC. The van der Waals surface area contributed by atoms with Gasteiger partial charge in [0, 0.05) is 19.0 Å². The zero-order valence-corrected chi connectivity index (χ0v) is 10.5. The number of nitrogens with zero attached hydrogens (tertiary/aromatic N) is 1. The van der Waals surface area contributed by atoms with Crippen LogP contribution in [0.5, 0.6) is 0 Å². The molecule has 0 aromatic heterocycles. The summed E-state index contributed by atoms with van der Waals surface area (Å²) in [7, 11) is 0. The molecule has 0 saturated carbocycles. The van der Waals surface area contributed by atoms with E-state index in [9.17, 15) is 4.79 Å². The number of nitrogens with two attached hydrogens (primary N) is 1. The molecule has 0 heterocycles. The monoisotopic (exact) mass is 225 g/mol. The van der Waals surface area contributed by atoms with Gasteiger partial charge in [0.1, 0.15) is 0 Å². The second-order valence-electron chi connectivity index (χ2n) is 3.91. The maximum absolute atomic E-state index is 11.6. The lowest BCUT2D eigenvalue weighted by Gasteiger charge is -2.24. The number of amides is 1. The van der Waals surface area contributed by atoms with Crippen molar-refractivity contribution in [3.05, 3.63) is 0 Å². The van der Waals surface area contributed by atoms with Gasteiger partial charge in [0.15, 0.2) is 0 Å². The van der Waals surface area contributed by atoms with Crippen molar-refractivity contribution in [3.63, 3.8) is 0 Å². The first-order chi connectivity index (χ1) is 7.54. The summed E-state index contributed by atoms with van der Waals surface area (Å²) in [5.74, 6) is 2.22. The number of carbonyl (C=O) groups excluding carboxylic acids is 1. The molecule has 0 aliphatic carbocycles. The van der Waals surface area contributed by atoms with Crippen molar-refractivity contribution in [2.45, 2.75) is 39.3 Å². The van der Waals surface area contributed by atoms with Gasteiger partial charge in [-0.25, -0.2) is 0 Å². The van der Waals surface area contributed by atoms with Crippen LogP contribution in [-0.2, 0) is 4.79 Å². The van der Waals surface area contributed by atoms with Crippen molar-refractivity contribution in [2.24, 2.45) is 5.73 Å². The number of hydrogen-bond donors (Lipinski definition) is 2. The van der Waals surface area contributed by atoms with E-state index in [1.165, 1.54) is 0 Å². The zero-order valence-electron chi connectivity index (χ0n) is 10.5. The molecule has 4 heteroatoms. The number of terminal acetylenes is 1. The molecule has 0 saturated heterocycles. The molecule has 0 spiro atoms. The summed E-state index contributed by atoms with van der Waals surface area (Å²) in [5.41, 5.74) is 5.60. The summed E-state index contributed by atoms with van der Waals surface area (Å²) in [6.45, 7) is 8.96. The van der Waals surface area contributed by atoms with E-state index in [0.717, 1.165) is 19.6 Å². The van der Waals surface area contributed by atoms with Gasteiger partial charge in [-0.2, -0.15) is 0 Å². The van der Waals surface area contributed by atoms with Crippen molar-refractivity contribution in [2.75, 3.05) is 19.6 Å². The molecule has 92 valence electrons. The number of hydrogen-bond acceptors (Lipinski definition) is 3. The Balaban J connectivity index is 3.99. The Kier molecular flexibility index (Phi) is 7.61. The van der Waals surface area contributed by atoms with Gasteiger partial charge in [0.2, 0.25) is 5.91 Å². The average Bonchev–Trinajstić information content (AvgIpc) is 2.26. The molecule has 0 rings (SSSR count). The van der Waals surface area contributed by atoms with Crippen molar-refractivity contribution < 1.29 is 4.79 Å². The van der Waals surface area contributed by atoms with Crippen LogP contribution in [0.25, 0.3) is 0 Å². The van der Waals surface area contributed by atoms with Gasteiger partial charge in [0.05, 0.1) is 6.04 Å². The molecule has 1 amide bonds. The number of carbonyl (C=O) groups is 1. The fourth-order valence-corrected chi connectivity index (χ4v) is 1.48. The maximum Gasteiger partial charge on any atom is 0.238 e. The van der Waals surface area contributed by atoms with Crippen LogP contribution < -0.4 is 11.1 Å². The van der Waals surface area contributed by atoms with E-state index in [1.807, 2.05) is 6.92 Å². The van der Waals surface area contributed by atoms with E-state index in [4.69, 9.17) is 12.2 Å². The lowest BCUT2D eigenvalue weighted by molar-refractivity contribution is -0.122. The van der Waals surface area contributed by atoms with E-state index < -0.39 is 6.04 Å². The van der Waals surface area contributed by atoms with Crippen molar-refractivity contribution in [1.82, 2.24) is 10.2 Å². The standard InChI is InChI=1S/C12H23N3O/c1-5-8-11(13)12(16)14-10(4)9-15(6-2)7-3/h1,10-11H,6-9,13H2,2-4H3,(H,14,16). The summed E-state index contributed by atoms with van der Waals surface area (Å²) in [4.78, 5) is 13.8. The third-order valence-electron chi connectivity index (χ3n) is 2.49. The summed E-state index contributed by atoms with van der Waals surface area (Å²) >= 11 is 0. The fourth-order valence-electron chi connectivity index (χ4n) is 1.48. The minimum atomic E-state index is -0.593.